The fourth-order valence-corrected chi connectivity index (χ4v) is 1.63. The molecule has 0 saturated heterocycles. The Labute approximate surface area is 86.5 Å². The summed E-state index contributed by atoms with van der Waals surface area (Å²) < 4.78 is 5.45. The van der Waals surface area contributed by atoms with Crippen LogP contribution in [-0.4, -0.2) is 5.78 Å². The summed E-state index contributed by atoms with van der Waals surface area (Å²) in [5.74, 6) is 0.751. The molecule has 0 aliphatic rings. The standard InChI is InChI=1S/C11H9ClO2/c1-7(13)5-8-6-9-10(12)3-2-4-11(9)14-8/h2-4,6H,5H2,1H3. The average molecular weight is 209 g/mol. The molecule has 0 bridgehead atoms. The largest absolute Gasteiger partial charge is 0.461 e. The fraction of sp³-hybridized carbons (Fsp3) is 0.182. The SMILES string of the molecule is CC(=O)Cc1cc2c(Cl)cccc2o1. The molecule has 0 radical (unpaired) electrons. The van der Waals surface area contributed by atoms with E-state index in [1.54, 1.807) is 6.07 Å². The number of rotatable bonds is 2. The quantitative estimate of drug-likeness (QED) is 0.759. The summed E-state index contributed by atoms with van der Waals surface area (Å²) in [5, 5.41) is 1.52. The first-order chi connectivity index (χ1) is 6.66. The minimum Gasteiger partial charge on any atom is -0.461 e. The van der Waals surface area contributed by atoms with Gasteiger partial charge < -0.3 is 4.42 Å². The van der Waals surface area contributed by atoms with Crippen LogP contribution < -0.4 is 0 Å². The third kappa shape index (κ3) is 1.66. The molecule has 1 aromatic heterocycles. The third-order valence-electron chi connectivity index (χ3n) is 1.98. The lowest BCUT2D eigenvalue weighted by Crippen LogP contribution is -1.93. The number of hydrogen-bond acceptors (Lipinski definition) is 2. The Bertz CT molecular complexity index is 485. The lowest BCUT2D eigenvalue weighted by molar-refractivity contribution is -0.116. The van der Waals surface area contributed by atoms with Crippen molar-refractivity contribution in [1.82, 2.24) is 0 Å². The van der Waals surface area contributed by atoms with Gasteiger partial charge in [0.15, 0.2) is 0 Å². The Kier molecular flexibility index (Phi) is 2.30. The van der Waals surface area contributed by atoms with Gasteiger partial charge in [-0.3, -0.25) is 4.79 Å². The van der Waals surface area contributed by atoms with Crippen LogP contribution >= 0.6 is 11.6 Å². The molecule has 2 nitrogen and oxygen atoms in total. The average Bonchev–Trinajstić information content (AvgIpc) is 2.47. The molecule has 0 aliphatic carbocycles. The van der Waals surface area contributed by atoms with Gasteiger partial charge in [-0.15, -0.1) is 0 Å². The van der Waals surface area contributed by atoms with Gasteiger partial charge in [-0.2, -0.15) is 0 Å². The van der Waals surface area contributed by atoms with Crippen molar-refractivity contribution < 1.29 is 9.21 Å². The zero-order valence-corrected chi connectivity index (χ0v) is 8.47. The van der Waals surface area contributed by atoms with Crippen molar-refractivity contribution in [3.63, 3.8) is 0 Å². The van der Waals surface area contributed by atoms with E-state index in [1.807, 2.05) is 18.2 Å². The van der Waals surface area contributed by atoms with Gasteiger partial charge in [-0.25, -0.2) is 0 Å². The van der Waals surface area contributed by atoms with Gasteiger partial charge in [-0.1, -0.05) is 17.7 Å². The van der Waals surface area contributed by atoms with Crippen molar-refractivity contribution in [2.45, 2.75) is 13.3 Å². The van der Waals surface area contributed by atoms with Crippen LogP contribution in [0.25, 0.3) is 11.0 Å². The number of ketones is 1. The lowest BCUT2D eigenvalue weighted by Gasteiger charge is -1.89. The van der Waals surface area contributed by atoms with Crippen LogP contribution in [-0.2, 0) is 11.2 Å². The first-order valence-corrected chi connectivity index (χ1v) is 4.71. The minimum absolute atomic E-state index is 0.0835. The van der Waals surface area contributed by atoms with Gasteiger partial charge in [0.2, 0.25) is 0 Å². The van der Waals surface area contributed by atoms with Crippen LogP contribution in [0.3, 0.4) is 0 Å². The van der Waals surface area contributed by atoms with Crippen molar-refractivity contribution in [3.8, 4) is 0 Å². The molecule has 2 aromatic rings. The second-order valence-electron chi connectivity index (χ2n) is 3.24. The summed E-state index contributed by atoms with van der Waals surface area (Å²) in [6.07, 6.45) is 0.324. The molecule has 1 heterocycles. The maximum absolute atomic E-state index is 10.9. The Morgan fingerprint density at radius 3 is 2.93 bits per heavy atom. The Hall–Kier alpha value is -1.28. The summed E-state index contributed by atoms with van der Waals surface area (Å²) in [4.78, 5) is 10.9. The van der Waals surface area contributed by atoms with Crippen LogP contribution in [0.5, 0.6) is 0 Å². The molecule has 14 heavy (non-hydrogen) atoms. The molecule has 0 N–H and O–H groups in total. The Balaban J connectivity index is 2.51. The Morgan fingerprint density at radius 2 is 2.29 bits per heavy atom. The van der Waals surface area contributed by atoms with E-state index < -0.39 is 0 Å². The van der Waals surface area contributed by atoms with Crippen molar-refractivity contribution >= 4 is 28.4 Å². The zero-order chi connectivity index (χ0) is 10.1. The predicted octanol–water partition coefficient (Wildman–Crippen LogP) is 3.22. The normalized spacial score (nSPS) is 10.7. The number of fused-ring (bicyclic) bond motifs is 1. The van der Waals surface area contributed by atoms with E-state index in [-0.39, 0.29) is 5.78 Å². The molecular weight excluding hydrogens is 200 g/mol. The number of carbonyl (C=O) groups excluding carboxylic acids is 1. The molecule has 72 valence electrons. The molecule has 3 heteroatoms. The topological polar surface area (TPSA) is 30.2 Å². The summed E-state index contributed by atoms with van der Waals surface area (Å²) in [6, 6.07) is 7.28. The van der Waals surface area contributed by atoms with Gasteiger partial charge in [0.1, 0.15) is 17.1 Å². The number of benzene rings is 1. The summed E-state index contributed by atoms with van der Waals surface area (Å²) in [6.45, 7) is 1.54. The second kappa shape index (κ2) is 3.46. The van der Waals surface area contributed by atoms with E-state index in [1.165, 1.54) is 6.92 Å². The van der Waals surface area contributed by atoms with Crippen LogP contribution in [0, 0.1) is 0 Å². The summed E-state index contributed by atoms with van der Waals surface area (Å²) in [7, 11) is 0. The highest BCUT2D eigenvalue weighted by atomic mass is 35.5. The highest BCUT2D eigenvalue weighted by Gasteiger charge is 2.07. The van der Waals surface area contributed by atoms with Crippen molar-refractivity contribution in [3.05, 3.63) is 35.0 Å². The fourth-order valence-electron chi connectivity index (χ4n) is 1.41. The van der Waals surface area contributed by atoms with Crippen molar-refractivity contribution in [2.75, 3.05) is 0 Å². The molecule has 0 fully saturated rings. The van der Waals surface area contributed by atoms with Gasteiger partial charge in [0.05, 0.1) is 11.4 Å². The van der Waals surface area contributed by atoms with E-state index in [2.05, 4.69) is 0 Å². The van der Waals surface area contributed by atoms with E-state index in [0.29, 0.717) is 17.2 Å². The smallest absolute Gasteiger partial charge is 0.137 e. The second-order valence-corrected chi connectivity index (χ2v) is 3.65. The van der Waals surface area contributed by atoms with Crippen LogP contribution in [0.2, 0.25) is 5.02 Å². The van der Waals surface area contributed by atoms with Gasteiger partial charge in [-0.05, 0) is 25.1 Å². The van der Waals surface area contributed by atoms with E-state index >= 15 is 0 Å². The van der Waals surface area contributed by atoms with E-state index in [0.717, 1.165) is 11.0 Å². The van der Waals surface area contributed by atoms with Crippen molar-refractivity contribution in [1.29, 1.82) is 0 Å². The summed E-state index contributed by atoms with van der Waals surface area (Å²) >= 11 is 5.96. The zero-order valence-electron chi connectivity index (χ0n) is 7.71. The molecule has 0 atom stereocenters. The predicted molar refractivity (Wildman–Crippen MR) is 55.6 cm³/mol. The monoisotopic (exact) mass is 208 g/mol. The lowest BCUT2D eigenvalue weighted by atomic mass is 10.2. The van der Waals surface area contributed by atoms with Gasteiger partial charge >= 0.3 is 0 Å². The van der Waals surface area contributed by atoms with E-state index in [9.17, 15) is 4.79 Å². The van der Waals surface area contributed by atoms with Crippen LogP contribution in [0.15, 0.2) is 28.7 Å². The molecule has 1 aromatic carbocycles. The van der Waals surface area contributed by atoms with Crippen LogP contribution in [0.1, 0.15) is 12.7 Å². The van der Waals surface area contributed by atoms with E-state index in [4.69, 9.17) is 16.0 Å². The molecule has 0 unspecified atom stereocenters. The first-order valence-electron chi connectivity index (χ1n) is 4.33. The number of Topliss-reactive ketones (excluding diaryl/α,β-unsaturated/α-hetero) is 1. The van der Waals surface area contributed by atoms with Crippen LogP contribution in [0.4, 0.5) is 0 Å². The molecular formula is C11H9ClO2. The molecule has 0 spiro atoms. The number of halogens is 1. The minimum atomic E-state index is 0.0835. The molecule has 2 rings (SSSR count). The number of furan rings is 1. The van der Waals surface area contributed by atoms with Gasteiger partial charge in [0, 0.05) is 5.39 Å². The maximum Gasteiger partial charge on any atom is 0.137 e. The molecule has 0 aliphatic heterocycles. The number of carbonyl (C=O) groups is 1. The van der Waals surface area contributed by atoms with Crippen molar-refractivity contribution in [2.24, 2.45) is 0 Å². The molecule has 0 amide bonds. The van der Waals surface area contributed by atoms with Gasteiger partial charge in [0.25, 0.3) is 0 Å². The highest BCUT2D eigenvalue weighted by Crippen LogP contribution is 2.26. The molecule has 0 saturated carbocycles. The summed E-state index contributed by atoms with van der Waals surface area (Å²) in [5.41, 5.74) is 0.730. The Morgan fingerprint density at radius 1 is 1.50 bits per heavy atom. The first kappa shape index (κ1) is 9.28. The number of hydrogen-bond donors (Lipinski definition) is 0. The highest BCUT2D eigenvalue weighted by molar-refractivity contribution is 6.35. The maximum atomic E-state index is 10.9. The third-order valence-corrected chi connectivity index (χ3v) is 2.31.